The number of nitrogens with zero attached hydrogens (tertiary/aromatic N) is 2. The predicted octanol–water partition coefficient (Wildman–Crippen LogP) is 1.72. The molecule has 0 bridgehead atoms. The highest BCUT2D eigenvalue weighted by Gasteiger charge is 2.51. The summed E-state index contributed by atoms with van der Waals surface area (Å²) in [5.74, 6) is 0. The molecule has 0 radical (unpaired) electrons. The van der Waals surface area contributed by atoms with Crippen LogP contribution in [-0.2, 0) is 14.0 Å². The topological polar surface area (TPSA) is 62.7 Å². The molecule has 2 saturated heterocycles. The maximum atomic E-state index is 5.98. The average molecular weight is 320 g/mol. The van der Waals surface area contributed by atoms with Gasteiger partial charge in [0.2, 0.25) is 0 Å². The largest absolute Gasteiger partial charge is 0.498 e. The van der Waals surface area contributed by atoms with Crippen molar-refractivity contribution in [3.63, 3.8) is 0 Å². The fraction of sp³-hybridized carbons (Fsp3) is 0.750. The van der Waals surface area contributed by atoms with Crippen molar-refractivity contribution < 1.29 is 18.8 Å². The van der Waals surface area contributed by atoms with Gasteiger partial charge in [-0.05, 0) is 47.0 Å². The van der Waals surface area contributed by atoms with E-state index in [2.05, 4.69) is 9.97 Å². The van der Waals surface area contributed by atoms with Gasteiger partial charge in [-0.3, -0.25) is 0 Å². The van der Waals surface area contributed by atoms with Crippen molar-refractivity contribution >= 4 is 12.6 Å². The minimum absolute atomic E-state index is 0.148. The quantitative estimate of drug-likeness (QED) is 0.787. The summed E-state index contributed by atoms with van der Waals surface area (Å²) in [6.07, 6.45) is 6.91. The molecule has 6 nitrogen and oxygen atoms in total. The summed E-state index contributed by atoms with van der Waals surface area (Å²) in [5, 5.41) is 0. The molecule has 3 heterocycles. The molecule has 7 heteroatoms. The van der Waals surface area contributed by atoms with Crippen molar-refractivity contribution in [1.82, 2.24) is 9.97 Å². The number of ether oxygens (including phenoxy) is 2. The van der Waals surface area contributed by atoms with Crippen molar-refractivity contribution in [2.75, 3.05) is 13.2 Å². The standard InChI is InChI=1S/C16H25BN2O4/c1-15(2)16(3,4)23-17(22-15)12-9-18-14(19-10-12)21-11-13-7-5-6-8-20-13/h9-10,13H,5-8,11H2,1-4H3/t13-/m1/s1. The zero-order chi connectivity index (χ0) is 16.5. The molecule has 126 valence electrons. The van der Waals surface area contributed by atoms with Crippen molar-refractivity contribution in [3.05, 3.63) is 12.4 Å². The Bertz CT molecular complexity index is 513. The lowest BCUT2D eigenvalue weighted by Crippen LogP contribution is -2.41. The average Bonchev–Trinajstić information content (AvgIpc) is 2.75. The molecule has 2 aliphatic rings. The molecule has 1 atom stereocenters. The minimum atomic E-state index is -0.448. The van der Waals surface area contributed by atoms with Gasteiger partial charge in [-0.1, -0.05) is 0 Å². The molecule has 0 N–H and O–H groups in total. The van der Waals surface area contributed by atoms with Gasteiger partial charge in [-0.15, -0.1) is 0 Å². The first-order valence-corrected chi connectivity index (χ1v) is 8.29. The summed E-state index contributed by atoms with van der Waals surface area (Å²) in [6.45, 7) is 9.40. The van der Waals surface area contributed by atoms with Crippen LogP contribution in [0.3, 0.4) is 0 Å². The van der Waals surface area contributed by atoms with Crippen LogP contribution in [0.1, 0.15) is 47.0 Å². The second kappa shape index (κ2) is 6.38. The van der Waals surface area contributed by atoms with Gasteiger partial charge in [-0.25, -0.2) is 9.97 Å². The van der Waals surface area contributed by atoms with E-state index in [1.807, 2.05) is 27.7 Å². The van der Waals surface area contributed by atoms with Crippen LogP contribution in [0.25, 0.3) is 0 Å². The highest BCUT2D eigenvalue weighted by molar-refractivity contribution is 6.61. The monoisotopic (exact) mass is 320 g/mol. The smallest absolute Gasteiger partial charge is 0.461 e. The second-order valence-corrected chi connectivity index (χ2v) is 7.19. The SMILES string of the molecule is CC1(C)OB(c2cnc(OC[C@H]3CCCCO3)nc2)OC1(C)C. The Kier molecular flexibility index (Phi) is 4.62. The molecule has 3 rings (SSSR count). The minimum Gasteiger partial charge on any atom is -0.461 e. The Morgan fingerprint density at radius 3 is 2.35 bits per heavy atom. The lowest BCUT2D eigenvalue weighted by molar-refractivity contribution is -0.0129. The van der Waals surface area contributed by atoms with Crippen LogP contribution in [0.2, 0.25) is 0 Å². The molecule has 0 amide bonds. The van der Waals surface area contributed by atoms with Crippen LogP contribution in [0.4, 0.5) is 0 Å². The molecule has 1 aromatic heterocycles. The predicted molar refractivity (Wildman–Crippen MR) is 86.8 cm³/mol. The molecule has 0 aliphatic carbocycles. The van der Waals surface area contributed by atoms with Gasteiger partial charge in [0.05, 0.1) is 17.3 Å². The van der Waals surface area contributed by atoms with E-state index in [1.165, 1.54) is 6.42 Å². The summed E-state index contributed by atoms with van der Waals surface area (Å²) in [7, 11) is -0.448. The summed E-state index contributed by atoms with van der Waals surface area (Å²) in [6, 6.07) is 0.361. The van der Waals surface area contributed by atoms with Crippen molar-refractivity contribution in [1.29, 1.82) is 0 Å². The molecule has 2 aliphatic heterocycles. The molecule has 1 aromatic rings. The third-order valence-corrected chi connectivity index (χ3v) is 4.85. The highest BCUT2D eigenvalue weighted by atomic mass is 16.7. The van der Waals surface area contributed by atoms with Crippen molar-refractivity contribution in [2.24, 2.45) is 0 Å². The van der Waals surface area contributed by atoms with Gasteiger partial charge in [-0.2, -0.15) is 0 Å². The van der Waals surface area contributed by atoms with E-state index in [0.717, 1.165) is 24.9 Å². The van der Waals surface area contributed by atoms with E-state index >= 15 is 0 Å². The van der Waals surface area contributed by atoms with Crippen LogP contribution in [-0.4, -0.2) is 47.6 Å². The Morgan fingerprint density at radius 1 is 1.13 bits per heavy atom. The second-order valence-electron chi connectivity index (χ2n) is 7.19. The lowest BCUT2D eigenvalue weighted by atomic mass is 9.81. The molecular formula is C16H25BN2O4. The van der Waals surface area contributed by atoms with Crippen molar-refractivity contribution in [2.45, 2.75) is 64.3 Å². The van der Waals surface area contributed by atoms with Gasteiger partial charge in [0.15, 0.2) is 0 Å². The summed E-state index contributed by atoms with van der Waals surface area (Å²) >= 11 is 0. The van der Waals surface area contributed by atoms with Gasteiger partial charge >= 0.3 is 13.1 Å². The fourth-order valence-electron chi connectivity index (χ4n) is 2.61. The summed E-state index contributed by atoms with van der Waals surface area (Å²) in [4.78, 5) is 8.51. The normalized spacial score (nSPS) is 26.3. The summed E-state index contributed by atoms with van der Waals surface area (Å²) in [5.41, 5.74) is 0.0565. The molecule has 23 heavy (non-hydrogen) atoms. The maximum absolute atomic E-state index is 5.98. The van der Waals surface area contributed by atoms with E-state index in [9.17, 15) is 0 Å². The van der Waals surface area contributed by atoms with E-state index < -0.39 is 7.12 Å². The van der Waals surface area contributed by atoms with E-state index in [1.54, 1.807) is 12.4 Å². The van der Waals surface area contributed by atoms with E-state index in [4.69, 9.17) is 18.8 Å². The van der Waals surface area contributed by atoms with E-state index in [-0.39, 0.29) is 17.3 Å². The van der Waals surface area contributed by atoms with Gasteiger partial charge < -0.3 is 18.8 Å². The molecule has 0 spiro atoms. The number of rotatable bonds is 4. The highest BCUT2D eigenvalue weighted by Crippen LogP contribution is 2.36. The fourth-order valence-corrected chi connectivity index (χ4v) is 2.61. The molecular weight excluding hydrogens is 295 g/mol. The van der Waals surface area contributed by atoms with Crippen molar-refractivity contribution in [3.8, 4) is 6.01 Å². The van der Waals surface area contributed by atoms with Crippen LogP contribution >= 0.6 is 0 Å². The maximum Gasteiger partial charge on any atom is 0.498 e. The van der Waals surface area contributed by atoms with Gasteiger partial charge in [0.1, 0.15) is 6.61 Å². The van der Waals surface area contributed by atoms with Crippen LogP contribution in [0.15, 0.2) is 12.4 Å². The summed E-state index contributed by atoms with van der Waals surface area (Å²) < 4.78 is 23.2. The first-order valence-electron chi connectivity index (χ1n) is 8.29. The molecule has 2 fully saturated rings. The first-order chi connectivity index (χ1) is 10.9. The Hall–Kier alpha value is -1.18. The van der Waals surface area contributed by atoms with Gasteiger partial charge in [0.25, 0.3) is 0 Å². The van der Waals surface area contributed by atoms with Crippen LogP contribution in [0, 0.1) is 0 Å². The number of hydrogen-bond donors (Lipinski definition) is 0. The molecule has 0 unspecified atom stereocenters. The zero-order valence-corrected chi connectivity index (χ0v) is 14.4. The number of hydrogen-bond acceptors (Lipinski definition) is 6. The van der Waals surface area contributed by atoms with Crippen LogP contribution in [0.5, 0.6) is 6.01 Å². The first kappa shape index (κ1) is 16.7. The Labute approximate surface area is 138 Å². The third kappa shape index (κ3) is 3.67. The Morgan fingerprint density at radius 2 is 1.78 bits per heavy atom. The Balaban J connectivity index is 1.57. The van der Waals surface area contributed by atoms with E-state index in [0.29, 0.717) is 12.6 Å². The lowest BCUT2D eigenvalue weighted by Gasteiger charge is -2.32. The van der Waals surface area contributed by atoms with Crippen LogP contribution < -0.4 is 10.2 Å². The molecule has 0 aromatic carbocycles. The number of aromatic nitrogens is 2. The zero-order valence-electron chi connectivity index (χ0n) is 14.4. The molecule has 0 saturated carbocycles. The van der Waals surface area contributed by atoms with Gasteiger partial charge in [0, 0.05) is 24.5 Å². The third-order valence-electron chi connectivity index (χ3n) is 4.85.